The van der Waals surface area contributed by atoms with Crippen LogP contribution in [-0.2, 0) is 0 Å². The molecule has 0 atom stereocenters. The average Bonchev–Trinajstić information content (AvgIpc) is 2.51. The summed E-state index contributed by atoms with van der Waals surface area (Å²) >= 11 is 0. The summed E-state index contributed by atoms with van der Waals surface area (Å²) in [5.74, 6) is -17.2. The van der Waals surface area contributed by atoms with E-state index in [1.54, 1.807) is 0 Å². The van der Waals surface area contributed by atoms with Crippen molar-refractivity contribution in [2.75, 3.05) is 7.11 Å². The third kappa shape index (κ3) is 2.73. The second-order valence-electron chi connectivity index (χ2n) is 4.23. The maximum atomic E-state index is 13.9. The van der Waals surface area contributed by atoms with Gasteiger partial charge in [0.15, 0.2) is 46.5 Å². The third-order valence-electron chi connectivity index (χ3n) is 2.90. The van der Waals surface area contributed by atoms with Gasteiger partial charge in [0.2, 0.25) is 13.1 Å². The van der Waals surface area contributed by atoms with E-state index in [1.807, 2.05) is 0 Å². The summed E-state index contributed by atoms with van der Waals surface area (Å²) in [5, 5.41) is 0. The first-order valence-corrected chi connectivity index (χ1v) is 5.78. The van der Waals surface area contributed by atoms with Gasteiger partial charge in [-0.3, -0.25) is 0 Å². The van der Waals surface area contributed by atoms with E-state index >= 15 is 0 Å². The van der Waals surface area contributed by atoms with E-state index in [0.717, 1.165) is 7.11 Å². The van der Waals surface area contributed by atoms with Crippen molar-refractivity contribution in [3.63, 3.8) is 0 Å². The van der Waals surface area contributed by atoms with Crippen LogP contribution in [-0.4, -0.2) is 14.4 Å². The molecule has 0 unspecified atom stereocenters. The van der Waals surface area contributed by atoms with Gasteiger partial charge in [0.25, 0.3) is 0 Å². The Labute approximate surface area is 124 Å². The smallest absolute Gasteiger partial charge is 0.207 e. The van der Waals surface area contributed by atoms with Crippen molar-refractivity contribution in [1.29, 1.82) is 0 Å². The number of halogens is 8. The number of hydrogen-bond donors (Lipinski definition) is 0. The number of ether oxygens (including phenoxy) is 1. The summed E-state index contributed by atoms with van der Waals surface area (Å²) in [5.41, 5.74) is -2.98. The molecule has 0 amide bonds. The molecule has 0 fully saturated rings. The lowest BCUT2D eigenvalue weighted by atomic mass is 9.62. The summed E-state index contributed by atoms with van der Waals surface area (Å²) in [6.07, 6.45) is 0. The SMILES string of the molecule is COc1c(F)c(F)c(F)c([B]c2c(F)c(F)cc(F)c2F)c1F. The fourth-order valence-corrected chi connectivity index (χ4v) is 1.80. The Morgan fingerprint density at radius 3 is 1.61 bits per heavy atom. The Hall–Kier alpha value is -2.26. The van der Waals surface area contributed by atoms with Crippen LogP contribution in [0, 0.1) is 46.5 Å². The quantitative estimate of drug-likeness (QED) is 0.361. The largest absolute Gasteiger partial charge is 0.491 e. The monoisotopic (exact) mass is 339 g/mol. The number of methoxy groups -OCH3 is 1. The summed E-state index contributed by atoms with van der Waals surface area (Å²) in [7, 11) is 0.693. The number of hydrogen-bond acceptors (Lipinski definition) is 1. The topological polar surface area (TPSA) is 9.23 Å². The van der Waals surface area contributed by atoms with Crippen LogP contribution in [0.15, 0.2) is 6.07 Å². The van der Waals surface area contributed by atoms with E-state index in [9.17, 15) is 35.1 Å². The number of benzene rings is 2. The first kappa shape index (κ1) is 17.1. The molecular formula is C13H4BF8O. The fraction of sp³-hybridized carbons (Fsp3) is 0.0769. The van der Waals surface area contributed by atoms with Crippen LogP contribution in [0.5, 0.6) is 5.75 Å². The van der Waals surface area contributed by atoms with E-state index in [4.69, 9.17) is 0 Å². The lowest BCUT2D eigenvalue weighted by Crippen LogP contribution is -2.38. The van der Waals surface area contributed by atoms with Gasteiger partial charge < -0.3 is 4.74 Å². The maximum Gasteiger partial charge on any atom is 0.207 e. The van der Waals surface area contributed by atoms with E-state index in [0.29, 0.717) is 0 Å². The maximum absolute atomic E-state index is 13.9. The molecule has 10 heteroatoms. The Morgan fingerprint density at radius 1 is 0.652 bits per heavy atom. The average molecular weight is 339 g/mol. The summed E-state index contributed by atoms with van der Waals surface area (Å²) in [6.45, 7) is 0. The van der Waals surface area contributed by atoms with Crippen LogP contribution in [0.1, 0.15) is 0 Å². The standard InChI is InChI=1S/C13H4BF8O/c1-23-13-10(20)6(9(19)11(21)12(13)22)14-5-7(17)3(15)2-4(16)8(5)18/h2H,1H3. The molecule has 0 saturated heterocycles. The third-order valence-corrected chi connectivity index (χ3v) is 2.90. The Balaban J connectivity index is 2.70. The zero-order valence-electron chi connectivity index (χ0n) is 11.1. The van der Waals surface area contributed by atoms with Gasteiger partial charge in [0, 0.05) is 6.07 Å². The molecule has 0 bridgehead atoms. The highest BCUT2D eigenvalue weighted by Crippen LogP contribution is 2.24. The predicted molar refractivity (Wildman–Crippen MR) is 64.1 cm³/mol. The normalized spacial score (nSPS) is 10.8. The van der Waals surface area contributed by atoms with Crippen molar-refractivity contribution >= 4 is 18.2 Å². The molecule has 121 valence electrons. The highest BCUT2D eigenvalue weighted by Gasteiger charge is 2.29. The minimum Gasteiger partial charge on any atom is -0.491 e. The second kappa shape index (κ2) is 6.09. The molecule has 0 aliphatic rings. The fourth-order valence-electron chi connectivity index (χ4n) is 1.80. The molecule has 0 N–H and O–H groups in total. The van der Waals surface area contributed by atoms with E-state index in [1.165, 1.54) is 0 Å². The predicted octanol–water partition coefficient (Wildman–Crippen LogP) is 2.46. The van der Waals surface area contributed by atoms with Crippen LogP contribution in [0.25, 0.3) is 0 Å². The van der Waals surface area contributed by atoms with Gasteiger partial charge in [0.1, 0.15) is 0 Å². The number of rotatable bonds is 3. The van der Waals surface area contributed by atoms with Gasteiger partial charge in [-0.05, 0) is 10.9 Å². The molecule has 1 nitrogen and oxygen atoms in total. The van der Waals surface area contributed by atoms with Crippen LogP contribution >= 0.6 is 0 Å². The molecule has 2 rings (SSSR count). The molecule has 0 aliphatic carbocycles. The molecule has 0 aromatic heterocycles. The molecule has 0 aliphatic heterocycles. The minimum absolute atomic E-state index is 0.0352. The van der Waals surface area contributed by atoms with Crippen molar-refractivity contribution in [2.45, 2.75) is 0 Å². The van der Waals surface area contributed by atoms with Crippen molar-refractivity contribution < 1.29 is 39.9 Å². The van der Waals surface area contributed by atoms with Crippen LogP contribution in [0.4, 0.5) is 35.1 Å². The molecule has 2 aromatic carbocycles. The summed E-state index contributed by atoms with van der Waals surface area (Å²) in [4.78, 5) is 0. The first-order valence-electron chi connectivity index (χ1n) is 5.78. The van der Waals surface area contributed by atoms with Gasteiger partial charge in [-0.25, -0.2) is 30.7 Å². The molecular weight excluding hydrogens is 335 g/mol. The van der Waals surface area contributed by atoms with Gasteiger partial charge in [-0.2, -0.15) is 4.39 Å². The lowest BCUT2D eigenvalue weighted by molar-refractivity contribution is 0.338. The van der Waals surface area contributed by atoms with Crippen molar-refractivity contribution in [2.24, 2.45) is 0 Å². The van der Waals surface area contributed by atoms with Crippen LogP contribution in [0.3, 0.4) is 0 Å². The van der Waals surface area contributed by atoms with E-state index in [2.05, 4.69) is 4.74 Å². The van der Waals surface area contributed by atoms with Crippen molar-refractivity contribution in [3.05, 3.63) is 52.6 Å². The zero-order chi connectivity index (χ0) is 17.5. The highest BCUT2D eigenvalue weighted by molar-refractivity contribution is 6.67. The Kier molecular flexibility index (Phi) is 4.53. The summed E-state index contributed by atoms with van der Waals surface area (Å²) < 4.78 is 111. The molecule has 2 aromatic rings. The minimum atomic E-state index is -2.19. The highest BCUT2D eigenvalue weighted by atomic mass is 19.2. The molecule has 0 spiro atoms. The van der Waals surface area contributed by atoms with Crippen LogP contribution < -0.4 is 15.7 Å². The van der Waals surface area contributed by atoms with E-state index in [-0.39, 0.29) is 13.3 Å². The summed E-state index contributed by atoms with van der Waals surface area (Å²) in [6, 6.07) is -0.124. The van der Waals surface area contributed by atoms with Gasteiger partial charge in [-0.1, -0.05) is 0 Å². The Bertz CT molecular complexity index is 767. The van der Waals surface area contributed by atoms with Crippen LogP contribution in [0.2, 0.25) is 0 Å². The van der Waals surface area contributed by atoms with Gasteiger partial charge >= 0.3 is 0 Å². The van der Waals surface area contributed by atoms with Crippen molar-refractivity contribution in [1.82, 2.24) is 0 Å². The molecule has 0 heterocycles. The van der Waals surface area contributed by atoms with Gasteiger partial charge in [-0.15, -0.1) is 0 Å². The molecule has 1 radical (unpaired) electrons. The van der Waals surface area contributed by atoms with E-state index < -0.39 is 63.2 Å². The van der Waals surface area contributed by atoms with Crippen molar-refractivity contribution in [3.8, 4) is 5.75 Å². The lowest BCUT2D eigenvalue weighted by Gasteiger charge is -2.12. The Morgan fingerprint density at radius 2 is 1.13 bits per heavy atom. The second-order valence-corrected chi connectivity index (χ2v) is 4.23. The molecule has 0 saturated carbocycles. The van der Waals surface area contributed by atoms with Gasteiger partial charge in [0.05, 0.1) is 7.11 Å². The first-order chi connectivity index (χ1) is 10.7. The molecule has 23 heavy (non-hydrogen) atoms. The zero-order valence-corrected chi connectivity index (χ0v) is 11.1.